The van der Waals surface area contributed by atoms with Crippen molar-refractivity contribution < 1.29 is 18.8 Å². The first-order valence-electron chi connectivity index (χ1n) is 9.94. The highest BCUT2D eigenvalue weighted by Crippen LogP contribution is 2.33. The first-order valence-corrected chi connectivity index (χ1v) is 11.1. The Kier molecular flexibility index (Phi) is 7.22. The lowest BCUT2D eigenvalue weighted by molar-refractivity contribution is 0.101. The summed E-state index contributed by atoms with van der Waals surface area (Å²) in [4.78, 5) is 12.8. The lowest BCUT2D eigenvalue weighted by atomic mass is 10.0. The zero-order valence-electron chi connectivity index (χ0n) is 17.4. The Bertz CT molecular complexity index is 1180. The molecule has 0 radical (unpaired) electrons. The van der Waals surface area contributed by atoms with Crippen LogP contribution in [0, 0.1) is 11.3 Å². The Hall–Kier alpha value is -3.43. The van der Waals surface area contributed by atoms with Crippen LogP contribution in [0.2, 0.25) is 0 Å². The molecular formula is C25H23NO4S. The van der Waals surface area contributed by atoms with Crippen molar-refractivity contribution in [2.75, 3.05) is 0 Å². The minimum absolute atomic E-state index is 0.0326. The van der Waals surface area contributed by atoms with Crippen molar-refractivity contribution in [1.29, 1.82) is 5.26 Å². The molecule has 1 atom stereocenters. The largest absolute Gasteiger partial charge is 0.507 e. The highest BCUT2D eigenvalue weighted by atomic mass is 32.2. The van der Waals surface area contributed by atoms with E-state index < -0.39 is 10.8 Å². The van der Waals surface area contributed by atoms with Crippen molar-refractivity contribution in [2.24, 2.45) is 0 Å². The van der Waals surface area contributed by atoms with E-state index in [2.05, 4.69) is 6.07 Å². The average molecular weight is 434 g/mol. The minimum atomic E-state index is -1.49. The van der Waals surface area contributed by atoms with Crippen molar-refractivity contribution in [3.8, 4) is 17.6 Å². The van der Waals surface area contributed by atoms with Crippen LogP contribution < -0.4 is 4.74 Å². The molecule has 3 aromatic rings. The quantitative estimate of drug-likeness (QED) is 0.496. The third-order valence-electron chi connectivity index (χ3n) is 4.83. The number of hydrogen-bond acceptors (Lipinski definition) is 5. The Morgan fingerprint density at radius 1 is 1.13 bits per heavy atom. The maximum Gasteiger partial charge on any atom is 0.163 e. The summed E-state index contributed by atoms with van der Waals surface area (Å²) in [6.45, 7) is 3.61. The van der Waals surface area contributed by atoms with Crippen molar-refractivity contribution in [3.63, 3.8) is 0 Å². The van der Waals surface area contributed by atoms with Crippen LogP contribution in [0.3, 0.4) is 0 Å². The van der Waals surface area contributed by atoms with Gasteiger partial charge in [-0.3, -0.25) is 4.79 Å². The average Bonchev–Trinajstić information content (AvgIpc) is 2.79. The van der Waals surface area contributed by atoms with Gasteiger partial charge < -0.3 is 9.84 Å². The standard InChI is InChI=1S/C25H23NO4S/c1-3-7-22-23(13-12-21(17(2)27)25(22)28)30-16-18-8-6-10-20(14-18)31(29)24-11-5-4-9-19(24)15-26/h4-6,8-14,28H,3,7,16H2,1-2H3. The molecule has 1 unspecified atom stereocenters. The highest BCUT2D eigenvalue weighted by Gasteiger charge is 2.16. The number of carbonyl (C=O) groups is 1. The molecule has 1 N–H and O–H groups in total. The molecule has 3 aromatic carbocycles. The van der Waals surface area contributed by atoms with Crippen molar-refractivity contribution in [1.82, 2.24) is 0 Å². The normalized spacial score (nSPS) is 11.5. The van der Waals surface area contributed by atoms with E-state index in [1.54, 1.807) is 54.6 Å². The fraction of sp³-hybridized carbons (Fsp3) is 0.200. The number of ether oxygens (including phenoxy) is 1. The van der Waals surface area contributed by atoms with Gasteiger partial charge in [0, 0.05) is 10.5 Å². The monoisotopic (exact) mass is 433 g/mol. The maximum atomic E-state index is 13.0. The van der Waals surface area contributed by atoms with Crippen molar-refractivity contribution in [3.05, 3.63) is 82.9 Å². The van der Waals surface area contributed by atoms with E-state index >= 15 is 0 Å². The van der Waals surface area contributed by atoms with Crippen LogP contribution in [0.1, 0.15) is 47.3 Å². The maximum absolute atomic E-state index is 13.0. The summed E-state index contributed by atoms with van der Waals surface area (Å²) in [5.41, 5.74) is 2.08. The molecule has 0 bridgehead atoms. The first-order chi connectivity index (χ1) is 15.0. The zero-order valence-corrected chi connectivity index (χ0v) is 18.2. The smallest absolute Gasteiger partial charge is 0.163 e. The van der Waals surface area contributed by atoms with Crippen molar-refractivity contribution in [2.45, 2.75) is 43.1 Å². The Balaban J connectivity index is 1.84. The minimum Gasteiger partial charge on any atom is -0.507 e. The molecule has 0 aliphatic rings. The van der Waals surface area contributed by atoms with Gasteiger partial charge in [-0.05, 0) is 55.3 Å². The van der Waals surface area contributed by atoms with E-state index in [0.717, 1.165) is 12.0 Å². The van der Waals surface area contributed by atoms with Gasteiger partial charge in [0.05, 0.1) is 26.8 Å². The summed E-state index contributed by atoms with van der Waals surface area (Å²) in [6, 6.07) is 19.4. The van der Waals surface area contributed by atoms with Gasteiger partial charge in [0.1, 0.15) is 24.2 Å². The second-order valence-electron chi connectivity index (χ2n) is 7.06. The van der Waals surface area contributed by atoms with Crippen LogP contribution in [-0.2, 0) is 23.8 Å². The van der Waals surface area contributed by atoms with E-state index in [0.29, 0.717) is 33.1 Å². The molecule has 0 fully saturated rings. The second kappa shape index (κ2) is 10.1. The summed E-state index contributed by atoms with van der Waals surface area (Å²) < 4.78 is 18.9. The topological polar surface area (TPSA) is 87.4 Å². The molecule has 0 saturated carbocycles. The summed E-state index contributed by atoms with van der Waals surface area (Å²) in [7, 11) is -1.49. The number of phenols is 1. The van der Waals surface area contributed by atoms with Gasteiger partial charge >= 0.3 is 0 Å². The second-order valence-corrected chi connectivity index (χ2v) is 8.51. The Labute approximate surface area is 184 Å². The van der Waals surface area contributed by atoms with Gasteiger partial charge in [-0.25, -0.2) is 4.21 Å². The number of ketones is 1. The number of Topliss-reactive ketones (excluding diaryl/α,β-unsaturated/α-hetero) is 1. The number of nitriles is 1. The molecule has 0 amide bonds. The number of nitrogens with zero attached hydrogens (tertiary/aromatic N) is 1. The zero-order chi connectivity index (χ0) is 22.4. The summed E-state index contributed by atoms with van der Waals surface area (Å²) in [6.07, 6.45) is 1.37. The lowest BCUT2D eigenvalue weighted by Gasteiger charge is -2.15. The van der Waals surface area contributed by atoms with Gasteiger partial charge in [-0.1, -0.05) is 37.6 Å². The highest BCUT2D eigenvalue weighted by molar-refractivity contribution is 7.85. The number of hydrogen-bond donors (Lipinski definition) is 1. The summed E-state index contributed by atoms with van der Waals surface area (Å²) in [5.74, 6) is 0.287. The Morgan fingerprint density at radius 2 is 1.90 bits per heavy atom. The number of carbonyl (C=O) groups excluding carboxylic acids is 1. The van der Waals surface area contributed by atoms with E-state index in [4.69, 9.17) is 4.74 Å². The van der Waals surface area contributed by atoms with Crippen LogP contribution in [0.25, 0.3) is 0 Å². The summed E-state index contributed by atoms with van der Waals surface area (Å²) in [5, 5.41) is 19.8. The lowest BCUT2D eigenvalue weighted by Crippen LogP contribution is -2.03. The molecule has 3 rings (SSSR count). The van der Waals surface area contributed by atoms with Crippen LogP contribution in [-0.4, -0.2) is 15.1 Å². The summed E-state index contributed by atoms with van der Waals surface area (Å²) >= 11 is 0. The Morgan fingerprint density at radius 3 is 2.61 bits per heavy atom. The third kappa shape index (κ3) is 5.01. The van der Waals surface area contributed by atoms with Gasteiger partial charge in [0.2, 0.25) is 0 Å². The fourth-order valence-corrected chi connectivity index (χ4v) is 4.52. The predicted molar refractivity (Wildman–Crippen MR) is 119 cm³/mol. The molecule has 158 valence electrons. The van der Waals surface area contributed by atoms with Crippen LogP contribution in [0.4, 0.5) is 0 Å². The molecule has 0 aromatic heterocycles. The van der Waals surface area contributed by atoms with Crippen molar-refractivity contribution >= 4 is 16.6 Å². The molecule has 0 aliphatic heterocycles. The fourth-order valence-electron chi connectivity index (χ4n) is 3.29. The molecule has 31 heavy (non-hydrogen) atoms. The van der Waals surface area contributed by atoms with Crippen LogP contribution >= 0.6 is 0 Å². The molecule has 0 heterocycles. The molecule has 6 heteroatoms. The third-order valence-corrected chi connectivity index (χ3v) is 6.27. The molecule has 0 saturated heterocycles. The van der Waals surface area contributed by atoms with Crippen LogP contribution in [0.15, 0.2) is 70.5 Å². The number of phenolic OH excluding ortho intramolecular Hbond substituents is 1. The van der Waals surface area contributed by atoms with Gasteiger partial charge in [0.25, 0.3) is 0 Å². The number of rotatable bonds is 8. The van der Waals surface area contributed by atoms with E-state index in [9.17, 15) is 19.4 Å². The van der Waals surface area contributed by atoms with Gasteiger partial charge in [-0.2, -0.15) is 5.26 Å². The first kappa shape index (κ1) is 22.3. The van der Waals surface area contributed by atoms with Gasteiger partial charge in [-0.15, -0.1) is 0 Å². The van der Waals surface area contributed by atoms with E-state index in [1.165, 1.54) is 6.92 Å². The molecule has 0 spiro atoms. The van der Waals surface area contributed by atoms with E-state index in [-0.39, 0.29) is 23.7 Å². The predicted octanol–water partition coefficient (Wildman–Crippen LogP) is 5.16. The van der Waals surface area contributed by atoms with Gasteiger partial charge in [0.15, 0.2) is 5.78 Å². The molecule has 5 nitrogen and oxygen atoms in total. The van der Waals surface area contributed by atoms with Crippen LogP contribution in [0.5, 0.6) is 11.5 Å². The number of benzene rings is 3. The SMILES string of the molecule is CCCc1c(OCc2cccc(S(=O)c3ccccc3C#N)c2)ccc(C(C)=O)c1O. The van der Waals surface area contributed by atoms with E-state index in [1.807, 2.05) is 13.0 Å². The number of aromatic hydroxyl groups is 1. The molecule has 0 aliphatic carbocycles. The molecular weight excluding hydrogens is 410 g/mol.